The Hall–Kier alpha value is -2.14. The van der Waals surface area contributed by atoms with Gasteiger partial charge in [0.1, 0.15) is 0 Å². The lowest BCUT2D eigenvalue weighted by Crippen LogP contribution is -2.37. The predicted octanol–water partition coefficient (Wildman–Crippen LogP) is 3.65. The summed E-state index contributed by atoms with van der Waals surface area (Å²) in [6, 6.07) is 11.0. The number of benzene rings is 1. The maximum absolute atomic E-state index is 12.8. The fraction of sp³-hybridized carbons (Fsp3) is 0.333. The van der Waals surface area contributed by atoms with Gasteiger partial charge in [-0.05, 0) is 42.8 Å². The fourth-order valence-electron chi connectivity index (χ4n) is 2.89. The van der Waals surface area contributed by atoms with Gasteiger partial charge in [0.2, 0.25) is 0 Å². The maximum Gasteiger partial charge on any atom is 0.268 e. The molecular weight excluding hydrogens is 308 g/mol. The van der Waals surface area contributed by atoms with Gasteiger partial charge in [0.15, 0.2) is 0 Å². The second-order valence-electron chi connectivity index (χ2n) is 5.71. The summed E-state index contributed by atoms with van der Waals surface area (Å²) in [5.41, 5.74) is 1.27. The summed E-state index contributed by atoms with van der Waals surface area (Å²) in [7, 11) is 1.73. The van der Waals surface area contributed by atoms with E-state index in [1.54, 1.807) is 18.0 Å². The summed E-state index contributed by atoms with van der Waals surface area (Å²) < 4.78 is 0. The maximum atomic E-state index is 12.8. The van der Waals surface area contributed by atoms with Gasteiger partial charge in [0.25, 0.3) is 11.8 Å². The van der Waals surface area contributed by atoms with Crippen molar-refractivity contribution in [1.82, 2.24) is 4.90 Å². The molecule has 0 saturated carbocycles. The second-order valence-corrected chi connectivity index (χ2v) is 6.66. The zero-order valence-electron chi connectivity index (χ0n) is 13.2. The average Bonchev–Trinajstić information content (AvgIpc) is 3.15. The van der Waals surface area contributed by atoms with Gasteiger partial charge in [-0.1, -0.05) is 18.2 Å². The molecule has 2 amide bonds. The van der Waals surface area contributed by atoms with Gasteiger partial charge in [-0.15, -0.1) is 11.3 Å². The normalized spacial score (nSPS) is 14.6. The quantitative estimate of drug-likeness (QED) is 0.863. The van der Waals surface area contributed by atoms with Crippen LogP contribution in [0.2, 0.25) is 0 Å². The van der Waals surface area contributed by atoms with Crippen LogP contribution in [-0.4, -0.2) is 36.9 Å². The van der Waals surface area contributed by atoms with Crippen molar-refractivity contribution in [3.63, 3.8) is 0 Å². The van der Waals surface area contributed by atoms with Crippen LogP contribution in [0, 0.1) is 0 Å². The number of hydrogen-bond acceptors (Lipinski definition) is 3. The molecule has 4 nitrogen and oxygen atoms in total. The molecule has 1 aliphatic heterocycles. The number of para-hydroxylation sites is 1. The summed E-state index contributed by atoms with van der Waals surface area (Å²) in [5, 5.41) is 1.88. The van der Waals surface area contributed by atoms with Crippen LogP contribution >= 0.6 is 11.3 Å². The van der Waals surface area contributed by atoms with Gasteiger partial charge in [-0.3, -0.25) is 9.59 Å². The van der Waals surface area contributed by atoms with Gasteiger partial charge in [0, 0.05) is 20.1 Å². The molecule has 23 heavy (non-hydrogen) atoms. The summed E-state index contributed by atoms with van der Waals surface area (Å²) >= 11 is 1.41. The van der Waals surface area contributed by atoms with E-state index >= 15 is 0 Å². The Kier molecular flexibility index (Phi) is 4.76. The number of piperidine rings is 1. The number of hydrogen-bond donors (Lipinski definition) is 0. The smallest absolute Gasteiger partial charge is 0.268 e. The van der Waals surface area contributed by atoms with Crippen LogP contribution in [0.25, 0.3) is 0 Å². The third kappa shape index (κ3) is 3.29. The van der Waals surface area contributed by atoms with Gasteiger partial charge in [-0.25, -0.2) is 0 Å². The van der Waals surface area contributed by atoms with Crippen LogP contribution < -0.4 is 4.90 Å². The van der Waals surface area contributed by atoms with E-state index in [2.05, 4.69) is 0 Å². The number of anilines is 1. The number of rotatable bonds is 3. The minimum atomic E-state index is -0.0844. The summed E-state index contributed by atoms with van der Waals surface area (Å²) in [6.07, 6.45) is 3.29. The molecule has 2 aromatic rings. The van der Waals surface area contributed by atoms with E-state index in [4.69, 9.17) is 0 Å². The lowest BCUT2D eigenvalue weighted by molar-refractivity contribution is 0.0725. The van der Waals surface area contributed by atoms with Crippen molar-refractivity contribution in [1.29, 1.82) is 0 Å². The molecule has 1 aliphatic rings. The minimum absolute atomic E-state index is 0.0196. The highest BCUT2D eigenvalue weighted by atomic mass is 32.1. The Morgan fingerprint density at radius 3 is 2.48 bits per heavy atom. The van der Waals surface area contributed by atoms with Crippen LogP contribution in [0.15, 0.2) is 41.8 Å². The molecule has 1 saturated heterocycles. The van der Waals surface area contributed by atoms with Crippen molar-refractivity contribution in [2.45, 2.75) is 19.3 Å². The Labute approximate surface area is 140 Å². The number of nitrogens with zero attached hydrogens (tertiary/aromatic N) is 2. The molecule has 0 spiro atoms. The third-order valence-corrected chi connectivity index (χ3v) is 5.03. The molecule has 1 fully saturated rings. The summed E-state index contributed by atoms with van der Waals surface area (Å²) in [5.74, 6) is -0.0648. The molecule has 5 heteroatoms. The largest absolute Gasteiger partial charge is 0.339 e. The molecule has 2 heterocycles. The zero-order valence-corrected chi connectivity index (χ0v) is 14.0. The van der Waals surface area contributed by atoms with Gasteiger partial charge in [0.05, 0.1) is 16.1 Å². The van der Waals surface area contributed by atoms with Crippen LogP contribution in [0.1, 0.15) is 39.3 Å². The Balaban J connectivity index is 1.88. The number of amides is 2. The molecule has 0 aliphatic carbocycles. The Morgan fingerprint density at radius 1 is 1.04 bits per heavy atom. The molecule has 0 bridgehead atoms. The topological polar surface area (TPSA) is 40.6 Å². The van der Waals surface area contributed by atoms with Gasteiger partial charge in [-0.2, -0.15) is 0 Å². The number of likely N-dealkylation sites (tertiary alicyclic amines) is 1. The van der Waals surface area contributed by atoms with Gasteiger partial charge >= 0.3 is 0 Å². The highest BCUT2D eigenvalue weighted by Crippen LogP contribution is 2.25. The first-order valence-corrected chi connectivity index (χ1v) is 8.76. The standard InChI is InChI=1S/C18H20N2O2S/c1-19(18(22)16-10-7-13-23-16)15-9-4-3-8-14(15)17(21)20-11-5-2-6-12-20/h3-4,7-10,13H,2,5-6,11-12H2,1H3. The first-order valence-electron chi connectivity index (χ1n) is 7.88. The minimum Gasteiger partial charge on any atom is -0.339 e. The van der Waals surface area contributed by atoms with Gasteiger partial charge < -0.3 is 9.80 Å². The first kappa shape index (κ1) is 15.7. The van der Waals surface area contributed by atoms with E-state index < -0.39 is 0 Å². The van der Waals surface area contributed by atoms with Crippen LogP contribution in [0.5, 0.6) is 0 Å². The summed E-state index contributed by atoms with van der Waals surface area (Å²) in [4.78, 5) is 29.5. The predicted molar refractivity (Wildman–Crippen MR) is 93.2 cm³/mol. The number of carbonyl (C=O) groups excluding carboxylic acids is 2. The Bertz CT molecular complexity index is 691. The Morgan fingerprint density at radius 2 is 1.78 bits per heavy atom. The van der Waals surface area contributed by atoms with Crippen molar-refractivity contribution < 1.29 is 9.59 Å². The van der Waals surface area contributed by atoms with E-state index in [9.17, 15) is 9.59 Å². The molecule has 1 aromatic carbocycles. The van der Waals surface area contributed by atoms with E-state index in [0.29, 0.717) is 16.1 Å². The van der Waals surface area contributed by atoms with Crippen molar-refractivity contribution >= 4 is 28.8 Å². The lowest BCUT2D eigenvalue weighted by Gasteiger charge is -2.28. The third-order valence-electron chi connectivity index (χ3n) is 4.18. The first-order chi connectivity index (χ1) is 11.2. The monoisotopic (exact) mass is 328 g/mol. The average molecular weight is 328 g/mol. The molecule has 0 radical (unpaired) electrons. The highest BCUT2D eigenvalue weighted by molar-refractivity contribution is 7.12. The molecule has 0 atom stereocenters. The zero-order chi connectivity index (χ0) is 16.2. The summed E-state index contributed by atoms with van der Waals surface area (Å²) in [6.45, 7) is 1.60. The van der Waals surface area contributed by atoms with Crippen molar-refractivity contribution in [3.05, 3.63) is 52.2 Å². The van der Waals surface area contributed by atoms with Crippen molar-refractivity contribution in [2.75, 3.05) is 25.0 Å². The molecule has 1 aromatic heterocycles. The lowest BCUT2D eigenvalue weighted by atomic mass is 10.1. The molecule has 120 valence electrons. The second kappa shape index (κ2) is 6.96. The van der Waals surface area contributed by atoms with Crippen LogP contribution in [0.3, 0.4) is 0 Å². The molecule has 0 unspecified atom stereocenters. The van der Waals surface area contributed by atoms with Crippen molar-refractivity contribution in [2.24, 2.45) is 0 Å². The molecule has 0 N–H and O–H groups in total. The van der Waals surface area contributed by atoms with Crippen molar-refractivity contribution in [3.8, 4) is 0 Å². The number of thiophene rings is 1. The van der Waals surface area contributed by atoms with E-state index in [-0.39, 0.29) is 11.8 Å². The van der Waals surface area contributed by atoms with Crippen LogP contribution in [-0.2, 0) is 0 Å². The van der Waals surface area contributed by atoms with E-state index in [0.717, 1.165) is 25.9 Å². The SMILES string of the molecule is CN(C(=O)c1cccs1)c1ccccc1C(=O)N1CCCCC1. The fourth-order valence-corrected chi connectivity index (χ4v) is 3.59. The number of carbonyl (C=O) groups is 2. The van der Waals surface area contributed by atoms with E-state index in [1.807, 2.05) is 40.6 Å². The molecule has 3 rings (SSSR count). The van der Waals surface area contributed by atoms with E-state index in [1.165, 1.54) is 17.8 Å². The highest BCUT2D eigenvalue weighted by Gasteiger charge is 2.24. The van der Waals surface area contributed by atoms with Crippen LogP contribution in [0.4, 0.5) is 5.69 Å². The molecular formula is C18H20N2O2S.